The Labute approximate surface area is 145 Å². The van der Waals surface area contributed by atoms with Gasteiger partial charge >= 0.3 is 0 Å². The highest BCUT2D eigenvalue weighted by Crippen LogP contribution is 2.25. The van der Waals surface area contributed by atoms with Crippen LogP contribution in [0.3, 0.4) is 0 Å². The lowest BCUT2D eigenvalue weighted by Gasteiger charge is -2.26. The first-order chi connectivity index (χ1) is 11.0. The smallest absolute Gasteiger partial charge is 0.244 e. The number of nitrogens with zero attached hydrogens (tertiary/aromatic N) is 2. The number of rotatable bonds is 4. The Balaban J connectivity index is 1.89. The summed E-state index contributed by atoms with van der Waals surface area (Å²) in [6.07, 6.45) is 0. The van der Waals surface area contributed by atoms with Crippen molar-refractivity contribution in [2.75, 3.05) is 32.8 Å². The Kier molecular flexibility index (Phi) is 6.50. The molecule has 8 heteroatoms. The molecule has 3 N–H and O–H groups in total. The molecule has 0 aliphatic carbocycles. The molecule has 1 heterocycles. The molecule has 6 nitrogen and oxygen atoms in total. The number of benzene rings is 1. The van der Waals surface area contributed by atoms with E-state index in [9.17, 15) is 4.79 Å². The van der Waals surface area contributed by atoms with E-state index in [1.807, 2.05) is 13.0 Å². The molecule has 0 radical (unpaired) electrons. The number of morpholine rings is 1. The Morgan fingerprint density at radius 1 is 1.43 bits per heavy atom. The van der Waals surface area contributed by atoms with Crippen LogP contribution in [-0.4, -0.2) is 49.6 Å². The number of aliphatic imine (C=N–C) groups is 1. The van der Waals surface area contributed by atoms with Gasteiger partial charge in [-0.05, 0) is 24.6 Å². The molecule has 1 aromatic rings. The van der Waals surface area contributed by atoms with E-state index in [-0.39, 0.29) is 24.5 Å². The van der Waals surface area contributed by atoms with Crippen LogP contribution in [0.1, 0.15) is 18.5 Å². The van der Waals surface area contributed by atoms with Crippen molar-refractivity contribution < 1.29 is 9.53 Å². The number of amides is 1. The monoisotopic (exact) mass is 358 g/mol. The fourth-order valence-electron chi connectivity index (χ4n) is 2.26. The minimum absolute atomic E-state index is 0.0138. The van der Waals surface area contributed by atoms with Crippen LogP contribution in [0.15, 0.2) is 23.2 Å². The van der Waals surface area contributed by atoms with Crippen molar-refractivity contribution >= 4 is 35.1 Å². The molecule has 1 aliphatic heterocycles. The second kappa shape index (κ2) is 8.38. The molecule has 1 atom stereocenters. The van der Waals surface area contributed by atoms with E-state index >= 15 is 0 Å². The van der Waals surface area contributed by atoms with Crippen LogP contribution in [0.25, 0.3) is 0 Å². The standard InChI is InChI=1S/C15H20Cl2N4O2/c1-10(12-3-2-11(16)8-13(12)17)20-15(18)19-9-14(22)21-4-6-23-7-5-21/h2-3,8,10H,4-7,9H2,1H3,(H3,18,19,20). The summed E-state index contributed by atoms with van der Waals surface area (Å²) in [5.74, 6) is 0.139. The molecule has 1 saturated heterocycles. The van der Waals surface area contributed by atoms with Crippen molar-refractivity contribution in [2.24, 2.45) is 10.7 Å². The SMILES string of the molecule is CC(NC(N)=NCC(=O)N1CCOCC1)c1ccc(Cl)cc1Cl. The third kappa shape index (κ3) is 5.27. The van der Waals surface area contributed by atoms with Crippen molar-refractivity contribution in [3.05, 3.63) is 33.8 Å². The van der Waals surface area contributed by atoms with Crippen molar-refractivity contribution in [2.45, 2.75) is 13.0 Å². The van der Waals surface area contributed by atoms with Crippen LogP contribution in [0.4, 0.5) is 0 Å². The third-order valence-electron chi connectivity index (χ3n) is 3.54. The van der Waals surface area contributed by atoms with Crippen molar-refractivity contribution in [3.8, 4) is 0 Å². The summed E-state index contributed by atoms with van der Waals surface area (Å²) in [6, 6.07) is 5.11. The predicted octanol–water partition coefficient (Wildman–Crippen LogP) is 1.82. The van der Waals surface area contributed by atoms with E-state index in [1.54, 1.807) is 17.0 Å². The highest BCUT2D eigenvalue weighted by atomic mass is 35.5. The first-order valence-corrected chi connectivity index (χ1v) is 8.10. The molecule has 1 unspecified atom stereocenters. The van der Waals surface area contributed by atoms with Crippen LogP contribution in [0.5, 0.6) is 0 Å². The highest BCUT2D eigenvalue weighted by molar-refractivity contribution is 6.35. The van der Waals surface area contributed by atoms with Crippen LogP contribution in [0.2, 0.25) is 10.0 Å². The fraction of sp³-hybridized carbons (Fsp3) is 0.467. The van der Waals surface area contributed by atoms with Gasteiger partial charge in [0.2, 0.25) is 5.91 Å². The molecular weight excluding hydrogens is 339 g/mol. The lowest BCUT2D eigenvalue weighted by Crippen LogP contribution is -2.42. The van der Waals surface area contributed by atoms with Crippen LogP contribution < -0.4 is 11.1 Å². The van der Waals surface area contributed by atoms with E-state index in [2.05, 4.69) is 10.3 Å². The Hall–Kier alpha value is -1.50. The molecular formula is C15H20Cl2N4O2. The molecule has 1 aliphatic rings. The lowest BCUT2D eigenvalue weighted by atomic mass is 10.1. The molecule has 0 bridgehead atoms. The van der Waals surface area contributed by atoms with E-state index < -0.39 is 0 Å². The summed E-state index contributed by atoms with van der Waals surface area (Å²) in [7, 11) is 0. The number of halogens is 2. The molecule has 2 rings (SSSR count). The number of nitrogens with one attached hydrogen (secondary N) is 1. The number of nitrogens with two attached hydrogens (primary N) is 1. The van der Waals surface area contributed by atoms with Crippen molar-refractivity contribution in [1.29, 1.82) is 0 Å². The van der Waals surface area contributed by atoms with Crippen molar-refractivity contribution in [1.82, 2.24) is 10.2 Å². The summed E-state index contributed by atoms with van der Waals surface area (Å²) < 4.78 is 5.21. The van der Waals surface area contributed by atoms with Gasteiger partial charge in [0.1, 0.15) is 6.54 Å². The number of hydrogen-bond donors (Lipinski definition) is 2. The van der Waals surface area contributed by atoms with Gasteiger partial charge in [-0.15, -0.1) is 0 Å². The van der Waals surface area contributed by atoms with Gasteiger partial charge in [0.15, 0.2) is 5.96 Å². The molecule has 0 saturated carbocycles. The first-order valence-electron chi connectivity index (χ1n) is 7.34. The fourth-order valence-corrected chi connectivity index (χ4v) is 2.84. The normalized spacial score (nSPS) is 17.0. The van der Waals surface area contributed by atoms with Gasteiger partial charge < -0.3 is 20.7 Å². The average Bonchev–Trinajstić information content (AvgIpc) is 2.53. The van der Waals surface area contributed by atoms with Gasteiger partial charge in [0, 0.05) is 23.1 Å². The Bertz CT molecular complexity index is 589. The van der Waals surface area contributed by atoms with Gasteiger partial charge in [0.05, 0.1) is 19.3 Å². The van der Waals surface area contributed by atoms with Crippen LogP contribution >= 0.6 is 23.2 Å². The number of ether oxygens (including phenoxy) is 1. The van der Waals surface area contributed by atoms with Gasteiger partial charge in [-0.1, -0.05) is 29.3 Å². The first kappa shape index (κ1) is 17.8. The summed E-state index contributed by atoms with van der Waals surface area (Å²) >= 11 is 12.0. The van der Waals surface area contributed by atoms with E-state index in [1.165, 1.54) is 0 Å². The summed E-state index contributed by atoms with van der Waals surface area (Å²) in [5.41, 5.74) is 6.70. The number of hydrogen-bond acceptors (Lipinski definition) is 3. The predicted molar refractivity (Wildman–Crippen MR) is 91.9 cm³/mol. The third-order valence-corrected chi connectivity index (χ3v) is 4.10. The zero-order valence-electron chi connectivity index (χ0n) is 12.9. The minimum Gasteiger partial charge on any atom is -0.378 e. The topological polar surface area (TPSA) is 79.9 Å². The van der Waals surface area contributed by atoms with Gasteiger partial charge in [0.25, 0.3) is 0 Å². The van der Waals surface area contributed by atoms with Crippen molar-refractivity contribution in [3.63, 3.8) is 0 Å². The molecule has 0 aromatic heterocycles. The Morgan fingerprint density at radius 2 is 2.13 bits per heavy atom. The number of guanidine groups is 1. The molecule has 23 heavy (non-hydrogen) atoms. The molecule has 1 amide bonds. The Morgan fingerprint density at radius 3 is 2.78 bits per heavy atom. The summed E-state index contributed by atoms with van der Waals surface area (Å²) in [6.45, 7) is 4.24. The molecule has 1 aromatic carbocycles. The maximum absolute atomic E-state index is 12.0. The largest absolute Gasteiger partial charge is 0.378 e. The zero-order valence-corrected chi connectivity index (χ0v) is 14.4. The van der Waals surface area contributed by atoms with E-state index in [4.69, 9.17) is 33.7 Å². The molecule has 126 valence electrons. The maximum Gasteiger partial charge on any atom is 0.244 e. The van der Waals surface area contributed by atoms with E-state index in [0.717, 1.165) is 5.56 Å². The van der Waals surface area contributed by atoms with Gasteiger partial charge in [-0.3, -0.25) is 4.79 Å². The average molecular weight is 359 g/mol. The molecule has 1 fully saturated rings. The van der Waals surface area contributed by atoms with E-state index in [0.29, 0.717) is 36.3 Å². The summed E-state index contributed by atoms with van der Waals surface area (Å²) in [5, 5.41) is 4.14. The second-order valence-corrected chi connectivity index (χ2v) is 6.07. The van der Waals surface area contributed by atoms with Gasteiger partial charge in [-0.25, -0.2) is 4.99 Å². The number of carbonyl (C=O) groups excluding carboxylic acids is 1. The number of carbonyl (C=O) groups is 1. The maximum atomic E-state index is 12.0. The molecule has 0 spiro atoms. The zero-order chi connectivity index (χ0) is 16.8. The van der Waals surface area contributed by atoms with Crippen LogP contribution in [0, 0.1) is 0 Å². The highest BCUT2D eigenvalue weighted by Gasteiger charge is 2.16. The minimum atomic E-state index is -0.151. The second-order valence-electron chi connectivity index (χ2n) is 5.23. The lowest BCUT2D eigenvalue weighted by molar-refractivity contribution is -0.133. The quantitative estimate of drug-likeness (QED) is 0.635. The van der Waals surface area contributed by atoms with Gasteiger partial charge in [-0.2, -0.15) is 0 Å². The van der Waals surface area contributed by atoms with Crippen LogP contribution in [-0.2, 0) is 9.53 Å². The summed E-state index contributed by atoms with van der Waals surface area (Å²) in [4.78, 5) is 17.8.